The molecule has 0 spiro atoms. The van der Waals surface area contributed by atoms with E-state index >= 15 is 0 Å². The number of aromatic nitrogens is 1. The normalized spacial score (nSPS) is 11.5. The number of carbonyl (C=O) groups is 1. The summed E-state index contributed by atoms with van der Waals surface area (Å²) in [6, 6.07) is 1.50. The fourth-order valence-electron chi connectivity index (χ4n) is 0.913. The number of nitrogens with one attached hydrogen (secondary N) is 1. The molecule has 15 heavy (non-hydrogen) atoms. The van der Waals surface area contributed by atoms with Crippen LogP contribution in [0.15, 0.2) is 10.6 Å². The number of hydrogen-bond donors (Lipinski definition) is 2. The molecule has 1 amide bonds. The quantitative estimate of drug-likeness (QED) is 0.669. The van der Waals surface area contributed by atoms with Crippen molar-refractivity contribution >= 4 is 15.9 Å². The Morgan fingerprint density at radius 1 is 1.67 bits per heavy atom. The molecule has 7 nitrogen and oxygen atoms in total. The van der Waals surface area contributed by atoms with E-state index in [2.05, 4.69) is 5.16 Å². The average molecular weight is 233 g/mol. The Balaban J connectivity index is 2.60. The molecule has 0 saturated heterocycles. The molecule has 84 valence electrons. The van der Waals surface area contributed by atoms with Crippen LogP contribution in [0.1, 0.15) is 11.5 Å². The first kappa shape index (κ1) is 11.7. The van der Waals surface area contributed by atoms with E-state index in [0.717, 1.165) is 0 Å². The maximum atomic E-state index is 11.3. The Hall–Kier alpha value is -1.41. The standard InChI is InChI=1S/C7H11N3O4S/c1-5-2-6(10-14-5)4-15(12,13)9-3-7(8)11/h2,9H,3-4H2,1H3,(H2,8,11). The Labute approximate surface area is 86.7 Å². The molecule has 3 N–H and O–H groups in total. The molecule has 0 atom stereocenters. The van der Waals surface area contributed by atoms with Crippen LogP contribution < -0.4 is 10.5 Å². The van der Waals surface area contributed by atoms with Crippen molar-refractivity contribution in [3.8, 4) is 0 Å². The van der Waals surface area contributed by atoms with Gasteiger partial charge in [-0.1, -0.05) is 5.16 Å². The second kappa shape index (κ2) is 4.41. The largest absolute Gasteiger partial charge is 0.369 e. The predicted octanol–water partition coefficient (Wildman–Crippen LogP) is -1.11. The minimum absolute atomic E-state index is 0.282. The van der Waals surface area contributed by atoms with Crippen molar-refractivity contribution < 1.29 is 17.7 Å². The molecule has 0 bridgehead atoms. The Morgan fingerprint density at radius 2 is 2.33 bits per heavy atom. The third kappa shape index (κ3) is 4.09. The Morgan fingerprint density at radius 3 is 2.80 bits per heavy atom. The molecule has 1 rings (SSSR count). The summed E-state index contributed by atoms with van der Waals surface area (Å²) in [7, 11) is -3.59. The Kier molecular flexibility index (Phi) is 3.43. The van der Waals surface area contributed by atoms with Crippen LogP contribution in [0.3, 0.4) is 0 Å². The van der Waals surface area contributed by atoms with E-state index in [1.165, 1.54) is 6.07 Å². The van der Waals surface area contributed by atoms with E-state index in [-0.39, 0.29) is 11.4 Å². The molecule has 1 aromatic rings. The van der Waals surface area contributed by atoms with Crippen molar-refractivity contribution in [3.63, 3.8) is 0 Å². The number of sulfonamides is 1. The van der Waals surface area contributed by atoms with Gasteiger partial charge in [0.15, 0.2) is 0 Å². The Bertz CT molecular complexity index is 451. The lowest BCUT2D eigenvalue weighted by Crippen LogP contribution is -2.34. The van der Waals surface area contributed by atoms with Crippen LogP contribution in [0.25, 0.3) is 0 Å². The van der Waals surface area contributed by atoms with Crippen molar-refractivity contribution in [2.75, 3.05) is 6.54 Å². The van der Waals surface area contributed by atoms with E-state index in [1.54, 1.807) is 6.92 Å². The maximum Gasteiger partial charge on any atom is 0.232 e. The predicted molar refractivity (Wildman–Crippen MR) is 51.1 cm³/mol. The molecule has 0 aliphatic carbocycles. The number of carbonyl (C=O) groups excluding carboxylic acids is 1. The molecule has 0 aromatic carbocycles. The van der Waals surface area contributed by atoms with E-state index in [9.17, 15) is 13.2 Å². The molecule has 8 heteroatoms. The summed E-state index contributed by atoms with van der Waals surface area (Å²) in [5.41, 5.74) is 5.08. The van der Waals surface area contributed by atoms with Gasteiger partial charge in [0.05, 0.1) is 6.54 Å². The smallest absolute Gasteiger partial charge is 0.232 e. The summed E-state index contributed by atoms with van der Waals surface area (Å²) < 4.78 is 29.4. The minimum atomic E-state index is -3.59. The zero-order valence-corrected chi connectivity index (χ0v) is 8.87. The third-order valence-corrected chi connectivity index (χ3v) is 2.74. The monoisotopic (exact) mass is 233 g/mol. The molecule has 1 aromatic heterocycles. The zero-order chi connectivity index (χ0) is 11.5. The molecule has 0 fully saturated rings. The van der Waals surface area contributed by atoms with Crippen LogP contribution in [0.2, 0.25) is 0 Å². The molecule has 0 aliphatic rings. The van der Waals surface area contributed by atoms with Gasteiger partial charge in [-0.25, -0.2) is 13.1 Å². The molecular weight excluding hydrogens is 222 g/mol. The van der Waals surface area contributed by atoms with Gasteiger partial charge < -0.3 is 10.3 Å². The van der Waals surface area contributed by atoms with Crippen molar-refractivity contribution in [2.24, 2.45) is 5.73 Å². The molecule has 0 radical (unpaired) electrons. The van der Waals surface area contributed by atoms with Gasteiger partial charge in [-0.15, -0.1) is 0 Å². The van der Waals surface area contributed by atoms with E-state index in [4.69, 9.17) is 10.3 Å². The van der Waals surface area contributed by atoms with Crippen LogP contribution in [0, 0.1) is 6.92 Å². The number of nitrogens with zero attached hydrogens (tertiary/aromatic N) is 1. The molecular formula is C7H11N3O4S. The van der Waals surface area contributed by atoms with Crippen LogP contribution in [0.5, 0.6) is 0 Å². The van der Waals surface area contributed by atoms with Crippen LogP contribution in [-0.2, 0) is 20.6 Å². The molecule has 0 unspecified atom stereocenters. The van der Waals surface area contributed by atoms with E-state index in [1.807, 2.05) is 4.72 Å². The van der Waals surface area contributed by atoms with Gasteiger partial charge in [0, 0.05) is 6.07 Å². The van der Waals surface area contributed by atoms with Gasteiger partial charge in [-0.2, -0.15) is 0 Å². The first-order valence-electron chi connectivity index (χ1n) is 4.07. The molecule has 0 saturated carbocycles. The summed E-state index contributed by atoms with van der Waals surface area (Å²) >= 11 is 0. The fourth-order valence-corrected chi connectivity index (χ4v) is 1.90. The van der Waals surface area contributed by atoms with E-state index < -0.39 is 22.5 Å². The van der Waals surface area contributed by atoms with Crippen LogP contribution in [0.4, 0.5) is 0 Å². The van der Waals surface area contributed by atoms with Gasteiger partial charge >= 0.3 is 0 Å². The first-order valence-corrected chi connectivity index (χ1v) is 5.72. The molecule has 0 aliphatic heterocycles. The van der Waals surface area contributed by atoms with Gasteiger partial charge in [0.2, 0.25) is 15.9 Å². The van der Waals surface area contributed by atoms with Crippen molar-refractivity contribution in [2.45, 2.75) is 12.7 Å². The summed E-state index contributed by atoms with van der Waals surface area (Å²) in [5, 5.41) is 3.52. The maximum absolute atomic E-state index is 11.3. The fraction of sp³-hybridized carbons (Fsp3) is 0.429. The number of hydrogen-bond acceptors (Lipinski definition) is 5. The highest BCUT2D eigenvalue weighted by molar-refractivity contribution is 7.88. The third-order valence-electron chi connectivity index (χ3n) is 1.48. The minimum Gasteiger partial charge on any atom is -0.369 e. The van der Waals surface area contributed by atoms with Crippen molar-refractivity contribution in [1.82, 2.24) is 9.88 Å². The topological polar surface area (TPSA) is 115 Å². The summed E-state index contributed by atoms with van der Waals surface area (Å²) in [6.07, 6.45) is 0. The summed E-state index contributed by atoms with van der Waals surface area (Å²) in [6.45, 7) is 1.24. The second-order valence-corrected chi connectivity index (χ2v) is 4.78. The summed E-state index contributed by atoms with van der Waals surface area (Å²) in [5.74, 6) is -0.553. The molecule has 1 heterocycles. The SMILES string of the molecule is Cc1cc(CS(=O)(=O)NCC(N)=O)no1. The average Bonchev–Trinajstić information content (AvgIpc) is 2.47. The number of rotatable bonds is 5. The number of aryl methyl sites for hydroxylation is 1. The summed E-state index contributed by atoms with van der Waals surface area (Å²) in [4.78, 5) is 10.4. The highest BCUT2D eigenvalue weighted by atomic mass is 32.2. The van der Waals surface area contributed by atoms with Gasteiger partial charge in [-0.3, -0.25) is 4.79 Å². The van der Waals surface area contributed by atoms with Gasteiger partial charge in [0.25, 0.3) is 0 Å². The van der Waals surface area contributed by atoms with Gasteiger partial charge in [0.1, 0.15) is 17.2 Å². The zero-order valence-electron chi connectivity index (χ0n) is 8.06. The lowest BCUT2D eigenvalue weighted by Gasteiger charge is -2.01. The lowest BCUT2D eigenvalue weighted by atomic mass is 10.4. The van der Waals surface area contributed by atoms with Gasteiger partial charge in [-0.05, 0) is 6.92 Å². The highest BCUT2D eigenvalue weighted by Crippen LogP contribution is 2.05. The number of primary amides is 1. The van der Waals surface area contributed by atoms with Crippen LogP contribution >= 0.6 is 0 Å². The highest BCUT2D eigenvalue weighted by Gasteiger charge is 2.14. The van der Waals surface area contributed by atoms with E-state index in [0.29, 0.717) is 5.76 Å². The van der Waals surface area contributed by atoms with Crippen LogP contribution in [-0.4, -0.2) is 26.0 Å². The number of amides is 1. The van der Waals surface area contributed by atoms with Crippen molar-refractivity contribution in [3.05, 3.63) is 17.5 Å². The lowest BCUT2D eigenvalue weighted by molar-refractivity contribution is -0.116. The first-order chi connectivity index (χ1) is 6.89. The number of nitrogens with two attached hydrogens (primary N) is 1. The second-order valence-electron chi connectivity index (χ2n) is 2.98. The van der Waals surface area contributed by atoms with Crippen molar-refractivity contribution in [1.29, 1.82) is 0 Å².